The Hall–Kier alpha value is -2.24. The summed E-state index contributed by atoms with van der Waals surface area (Å²) in [6.07, 6.45) is 2.60. The second kappa shape index (κ2) is 8.57. The van der Waals surface area contributed by atoms with E-state index in [0.717, 1.165) is 36.3 Å². The maximum atomic E-state index is 12.5. The number of anilines is 1. The number of urea groups is 1. The minimum Gasteiger partial charge on any atom is -0.496 e. The van der Waals surface area contributed by atoms with Gasteiger partial charge in [-0.15, -0.1) is 0 Å². The Labute approximate surface area is 143 Å². The molecule has 0 bridgehead atoms. The van der Waals surface area contributed by atoms with Crippen LogP contribution in [0, 0.1) is 12.8 Å². The molecule has 0 spiro atoms. The van der Waals surface area contributed by atoms with Crippen LogP contribution in [-0.2, 0) is 4.79 Å². The standard InChI is InChI=1S/C18H27N3O3/c1-4-9-19-17(22)14-6-5-10-21(12-14)18(23)20-15-7-8-16(24-3)13(2)11-15/h7-8,11,14H,4-6,9-10,12H2,1-3H3,(H,19,22)(H,20,23)/t14-/m1/s1. The fourth-order valence-electron chi connectivity index (χ4n) is 2.93. The first kappa shape index (κ1) is 18.1. The monoisotopic (exact) mass is 333 g/mol. The van der Waals surface area contributed by atoms with Crippen molar-refractivity contribution in [3.05, 3.63) is 23.8 Å². The van der Waals surface area contributed by atoms with Crippen molar-refractivity contribution in [3.8, 4) is 5.75 Å². The van der Waals surface area contributed by atoms with E-state index in [0.29, 0.717) is 19.6 Å². The van der Waals surface area contributed by atoms with E-state index in [1.165, 1.54) is 0 Å². The van der Waals surface area contributed by atoms with E-state index in [2.05, 4.69) is 10.6 Å². The topological polar surface area (TPSA) is 70.7 Å². The molecule has 0 aromatic heterocycles. The smallest absolute Gasteiger partial charge is 0.321 e. The normalized spacial score (nSPS) is 17.3. The number of hydrogen-bond acceptors (Lipinski definition) is 3. The maximum absolute atomic E-state index is 12.5. The molecule has 1 aliphatic heterocycles. The number of piperidine rings is 1. The van der Waals surface area contributed by atoms with Gasteiger partial charge in [-0.3, -0.25) is 4.79 Å². The third-order valence-corrected chi connectivity index (χ3v) is 4.27. The number of aryl methyl sites for hydroxylation is 1. The van der Waals surface area contributed by atoms with Gasteiger partial charge in [0.15, 0.2) is 0 Å². The third kappa shape index (κ3) is 4.63. The molecule has 24 heavy (non-hydrogen) atoms. The summed E-state index contributed by atoms with van der Waals surface area (Å²) in [5, 5.41) is 5.83. The predicted molar refractivity (Wildman–Crippen MR) is 94.3 cm³/mol. The van der Waals surface area contributed by atoms with Crippen LogP contribution >= 0.6 is 0 Å². The van der Waals surface area contributed by atoms with Gasteiger partial charge in [0, 0.05) is 25.3 Å². The predicted octanol–water partition coefficient (Wildman–Crippen LogP) is 2.77. The number of carbonyl (C=O) groups excluding carboxylic acids is 2. The van der Waals surface area contributed by atoms with Gasteiger partial charge in [-0.2, -0.15) is 0 Å². The molecule has 0 saturated carbocycles. The summed E-state index contributed by atoms with van der Waals surface area (Å²) in [4.78, 5) is 26.3. The molecule has 1 saturated heterocycles. The highest BCUT2D eigenvalue weighted by molar-refractivity contribution is 5.90. The molecule has 6 heteroatoms. The van der Waals surface area contributed by atoms with Crippen LogP contribution in [0.5, 0.6) is 5.75 Å². The van der Waals surface area contributed by atoms with Crippen molar-refractivity contribution in [2.24, 2.45) is 5.92 Å². The first-order valence-corrected chi connectivity index (χ1v) is 8.53. The second-order valence-corrected chi connectivity index (χ2v) is 6.19. The zero-order chi connectivity index (χ0) is 17.5. The number of nitrogens with one attached hydrogen (secondary N) is 2. The molecule has 1 aliphatic rings. The van der Waals surface area contributed by atoms with Gasteiger partial charge in [-0.25, -0.2) is 4.79 Å². The van der Waals surface area contributed by atoms with E-state index in [9.17, 15) is 9.59 Å². The summed E-state index contributed by atoms with van der Waals surface area (Å²) in [5.41, 5.74) is 1.70. The number of ether oxygens (including phenoxy) is 1. The van der Waals surface area contributed by atoms with E-state index in [1.54, 1.807) is 12.0 Å². The highest BCUT2D eigenvalue weighted by Gasteiger charge is 2.28. The number of carbonyl (C=O) groups is 2. The first-order valence-electron chi connectivity index (χ1n) is 8.53. The Bertz CT molecular complexity index is 589. The number of amides is 3. The van der Waals surface area contributed by atoms with Crippen molar-refractivity contribution in [2.75, 3.05) is 32.1 Å². The van der Waals surface area contributed by atoms with Crippen molar-refractivity contribution >= 4 is 17.6 Å². The molecule has 1 aromatic rings. The van der Waals surface area contributed by atoms with Gasteiger partial charge in [0.25, 0.3) is 0 Å². The Kier molecular flexibility index (Phi) is 6.46. The summed E-state index contributed by atoms with van der Waals surface area (Å²) in [6.45, 7) is 5.79. The second-order valence-electron chi connectivity index (χ2n) is 6.19. The lowest BCUT2D eigenvalue weighted by Gasteiger charge is -2.32. The quantitative estimate of drug-likeness (QED) is 0.870. The summed E-state index contributed by atoms with van der Waals surface area (Å²) >= 11 is 0. The molecule has 1 fully saturated rings. The van der Waals surface area contributed by atoms with Crippen LogP contribution in [0.25, 0.3) is 0 Å². The molecular formula is C18H27N3O3. The van der Waals surface area contributed by atoms with E-state index in [1.807, 2.05) is 32.0 Å². The van der Waals surface area contributed by atoms with Gasteiger partial charge in [-0.05, 0) is 49.9 Å². The molecule has 2 N–H and O–H groups in total. The number of likely N-dealkylation sites (tertiary alicyclic amines) is 1. The minimum atomic E-state index is -0.160. The number of nitrogens with zero attached hydrogens (tertiary/aromatic N) is 1. The summed E-state index contributed by atoms with van der Waals surface area (Å²) < 4.78 is 5.23. The zero-order valence-corrected chi connectivity index (χ0v) is 14.7. The van der Waals surface area contributed by atoms with Crippen LogP contribution in [-0.4, -0.2) is 43.6 Å². The highest BCUT2D eigenvalue weighted by atomic mass is 16.5. The van der Waals surface area contributed by atoms with E-state index >= 15 is 0 Å². The van der Waals surface area contributed by atoms with Gasteiger partial charge < -0.3 is 20.3 Å². The largest absolute Gasteiger partial charge is 0.496 e. The zero-order valence-electron chi connectivity index (χ0n) is 14.7. The minimum absolute atomic E-state index is 0.0506. The van der Waals surface area contributed by atoms with E-state index < -0.39 is 0 Å². The first-order chi connectivity index (χ1) is 11.5. The van der Waals surface area contributed by atoms with Gasteiger partial charge in [0.2, 0.25) is 5.91 Å². The fraction of sp³-hybridized carbons (Fsp3) is 0.556. The lowest BCUT2D eigenvalue weighted by Crippen LogP contribution is -2.47. The Morgan fingerprint density at radius 1 is 1.38 bits per heavy atom. The van der Waals surface area contributed by atoms with E-state index in [4.69, 9.17) is 4.74 Å². The van der Waals surface area contributed by atoms with E-state index in [-0.39, 0.29) is 17.9 Å². The Balaban J connectivity index is 1.94. The molecule has 1 atom stereocenters. The average molecular weight is 333 g/mol. The van der Waals surface area contributed by atoms with Crippen molar-refractivity contribution in [2.45, 2.75) is 33.1 Å². The van der Waals surface area contributed by atoms with Crippen LogP contribution < -0.4 is 15.4 Å². The number of rotatable bonds is 5. The molecule has 1 heterocycles. The van der Waals surface area contributed by atoms with Gasteiger partial charge in [-0.1, -0.05) is 6.92 Å². The molecule has 3 amide bonds. The molecule has 0 aliphatic carbocycles. The maximum Gasteiger partial charge on any atom is 0.321 e. The molecule has 6 nitrogen and oxygen atoms in total. The fourth-order valence-corrected chi connectivity index (χ4v) is 2.93. The van der Waals surface area contributed by atoms with Crippen molar-refractivity contribution < 1.29 is 14.3 Å². The number of hydrogen-bond donors (Lipinski definition) is 2. The summed E-state index contributed by atoms with van der Waals surface area (Å²) in [5.74, 6) is 0.724. The van der Waals surface area contributed by atoms with Crippen molar-refractivity contribution in [1.82, 2.24) is 10.2 Å². The molecule has 132 valence electrons. The van der Waals surface area contributed by atoms with Crippen LogP contribution in [0.2, 0.25) is 0 Å². The molecule has 0 unspecified atom stereocenters. The molecule has 0 radical (unpaired) electrons. The highest BCUT2D eigenvalue weighted by Crippen LogP contribution is 2.22. The van der Waals surface area contributed by atoms with Crippen LogP contribution in [0.15, 0.2) is 18.2 Å². The Morgan fingerprint density at radius 3 is 2.83 bits per heavy atom. The van der Waals surface area contributed by atoms with Crippen LogP contribution in [0.4, 0.5) is 10.5 Å². The molecule has 1 aromatic carbocycles. The molecular weight excluding hydrogens is 306 g/mol. The van der Waals surface area contributed by atoms with Gasteiger partial charge in [0.05, 0.1) is 13.0 Å². The van der Waals surface area contributed by atoms with Gasteiger partial charge in [0.1, 0.15) is 5.75 Å². The van der Waals surface area contributed by atoms with Crippen molar-refractivity contribution in [1.29, 1.82) is 0 Å². The lowest BCUT2D eigenvalue weighted by molar-refractivity contribution is -0.126. The van der Waals surface area contributed by atoms with Crippen LogP contribution in [0.1, 0.15) is 31.7 Å². The molecule has 2 rings (SSSR count). The van der Waals surface area contributed by atoms with Gasteiger partial charge >= 0.3 is 6.03 Å². The Morgan fingerprint density at radius 2 is 2.17 bits per heavy atom. The van der Waals surface area contributed by atoms with Crippen molar-refractivity contribution in [3.63, 3.8) is 0 Å². The number of benzene rings is 1. The summed E-state index contributed by atoms with van der Waals surface area (Å²) in [6, 6.07) is 5.38. The average Bonchev–Trinajstić information content (AvgIpc) is 2.60. The summed E-state index contributed by atoms with van der Waals surface area (Å²) in [7, 11) is 1.62. The lowest BCUT2D eigenvalue weighted by atomic mass is 9.97. The number of methoxy groups -OCH3 is 1. The third-order valence-electron chi connectivity index (χ3n) is 4.27. The van der Waals surface area contributed by atoms with Crippen LogP contribution in [0.3, 0.4) is 0 Å². The SMILES string of the molecule is CCCNC(=O)[C@@H]1CCCN(C(=O)Nc2ccc(OC)c(C)c2)C1.